The van der Waals surface area contributed by atoms with Gasteiger partial charge in [-0.2, -0.15) is 0 Å². The van der Waals surface area contributed by atoms with Crippen LogP contribution in [0.5, 0.6) is 0 Å². The van der Waals surface area contributed by atoms with E-state index in [0.717, 1.165) is 0 Å². The van der Waals surface area contributed by atoms with Gasteiger partial charge in [0, 0.05) is 12.4 Å². The first-order valence-electron chi connectivity index (χ1n) is 4.31. The summed E-state index contributed by atoms with van der Waals surface area (Å²) in [6, 6.07) is 11.0. The number of nitroso groups, excluding NO2 is 2. The van der Waals surface area contributed by atoms with Gasteiger partial charge in [-0.1, -0.05) is 34.3 Å². The fourth-order valence-electron chi connectivity index (χ4n) is 0.694. The first kappa shape index (κ1) is 22.8. The molecule has 0 saturated heterocycles. The zero-order valence-electron chi connectivity index (χ0n) is 9.45. The maximum absolute atomic E-state index is 7.25. The quantitative estimate of drug-likeness (QED) is 0.503. The summed E-state index contributed by atoms with van der Waals surface area (Å²) in [5, 5.41) is 1.31. The smallest absolute Gasteiger partial charge is 0.760 e. The largest absolute Gasteiger partial charge is 2.00 e. The predicted molar refractivity (Wildman–Crippen MR) is 70.7 cm³/mol. The van der Waals surface area contributed by atoms with Crippen LogP contribution in [0.15, 0.2) is 58.8 Å². The molecule has 0 spiro atoms. The summed E-state index contributed by atoms with van der Waals surface area (Å²) in [5.74, 6) is 0. The topological polar surface area (TPSA) is 105 Å². The van der Waals surface area contributed by atoms with Gasteiger partial charge in [-0.3, -0.25) is 9.97 Å². The van der Waals surface area contributed by atoms with Crippen molar-refractivity contribution < 1.29 is 21.1 Å². The fourth-order valence-corrected chi connectivity index (χ4v) is 0.973. The van der Waals surface area contributed by atoms with E-state index in [1.165, 1.54) is 0 Å². The molecule has 0 aliphatic carbocycles. The van der Waals surface area contributed by atoms with Crippen LogP contribution in [0.25, 0.3) is 0 Å². The average Bonchev–Trinajstić information content (AvgIpc) is 2.46. The second-order valence-electron chi connectivity index (χ2n) is 2.34. The third kappa shape index (κ3) is 16.6. The van der Waals surface area contributed by atoms with Crippen LogP contribution in [-0.4, -0.2) is 9.97 Å². The Hall–Kier alpha value is -1.37. The van der Waals surface area contributed by atoms with Crippen LogP contribution < -0.4 is 11.2 Å². The molecule has 6 nitrogen and oxygen atoms in total. The van der Waals surface area contributed by atoms with Gasteiger partial charge < -0.3 is 25.3 Å². The summed E-state index contributed by atoms with van der Waals surface area (Å²) in [6.07, 6.45) is 3.37. The van der Waals surface area contributed by atoms with Crippen molar-refractivity contribution in [2.24, 2.45) is 0 Å². The van der Waals surface area contributed by atoms with Crippen LogP contribution in [0.4, 0.5) is 0 Å². The molecular weight excluding hydrogens is 368 g/mol. The van der Waals surface area contributed by atoms with E-state index in [1.54, 1.807) is 24.5 Å². The molecule has 0 unspecified atom stereocenters. The minimum absolute atomic E-state index is 0. The van der Waals surface area contributed by atoms with Gasteiger partial charge >= 0.3 is 21.1 Å². The fraction of sp³-hybridized carbons (Fsp3) is 0. The van der Waals surface area contributed by atoms with Gasteiger partial charge in [0.25, 0.3) is 0 Å². The van der Waals surface area contributed by atoms with Crippen molar-refractivity contribution in [3.63, 3.8) is 0 Å². The Morgan fingerprint density at radius 2 is 1.05 bits per heavy atom. The molecular formula is C10H8MoN4O2S2. The molecule has 9 heteroatoms. The Morgan fingerprint density at radius 1 is 0.737 bits per heavy atom. The van der Waals surface area contributed by atoms with Gasteiger partial charge in [-0.05, 0) is 12.1 Å². The van der Waals surface area contributed by atoms with Crippen LogP contribution in [0, 0.1) is 9.81 Å². The SMILES string of the molecule is [Mo+2].[N]=O.[N]=O.[S-]c1ccccn1.[S-]c1ccccn1. The summed E-state index contributed by atoms with van der Waals surface area (Å²) < 4.78 is 0. The van der Waals surface area contributed by atoms with Crippen LogP contribution >= 0.6 is 0 Å². The van der Waals surface area contributed by atoms with Gasteiger partial charge in [0.05, 0.1) is 0 Å². The van der Waals surface area contributed by atoms with E-state index in [4.69, 9.17) is 46.3 Å². The maximum Gasteiger partial charge on any atom is 2.00 e. The van der Waals surface area contributed by atoms with Gasteiger partial charge in [0.1, 0.15) is 11.2 Å². The Balaban J connectivity index is -0.000000205. The summed E-state index contributed by atoms with van der Waals surface area (Å²) in [7, 11) is 0. The molecule has 2 radical (unpaired) electrons. The summed E-state index contributed by atoms with van der Waals surface area (Å²) >= 11 is 9.40. The van der Waals surface area contributed by atoms with Crippen LogP contribution in [0.2, 0.25) is 0 Å². The molecule has 0 aliphatic rings. The minimum Gasteiger partial charge on any atom is -0.760 e. The van der Waals surface area contributed by atoms with Crippen LogP contribution in [0.3, 0.4) is 0 Å². The van der Waals surface area contributed by atoms with Crippen molar-refractivity contribution in [3.05, 3.63) is 58.6 Å². The minimum atomic E-state index is 0. The molecule has 0 saturated carbocycles. The van der Waals surface area contributed by atoms with Crippen molar-refractivity contribution in [2.45, 2.75) is 10.1 Å². The zero-order valence-corrected chi connectivity index (χ0v) is 13.1. The normalized spacial score (nSPS) is 6.74. The Kier molecular flexibility index (Phi) is 22.8. The number of aromatic nitrogens is 2. The van der Waals surface area contributed by atoms with Crippen molar-refractivity contribution in [1.29, 1.82) is 0 Å². The maximum atomic E-state index is 7.25. The molecule has 0 atom stereocenters. The number of rotatable bonds is 0. The van der Waals surface area contributed by atoms with Crippen molar-refractivity contribution in [2.75, 3.05) is 0 Å². The molecule has 98 valence electrons. The summed E-state index contributed by atoms with van der Waals surface area (Å²) in [6.45, 7) is 0. The Bertz CT molecular complexity index is 358. The molecule has 2 aromatic heterocycles. The molecule has 0 fully saturated rings. The van der Waals surface area contributed by atoms with Gasteiger partial charge in [-0.15, -0.1) is 9.81 Å². The first-order valence-corrected chi connectivity index (χ1v) is 5.13. The molecule has 2 aromatic rings. The monoisotopic (exact) mass is 378 g/mol. The van der Waals surface area contributed by atoms with Crippen LogP contribution in [0.1, 0.15) is 0 Å². The molecule has 0 amide bonds. The number of pyridine rings is 2. The van der Waals surface area contributed by atoms with Crippen molar-refractivity contribution in [3.8, 4) is 0 Å². The van der Waals surface area contributed by atoms with Gasteiger partial charge in [0.2, 0.25) is 0 Å². The number of hydrogen-bond donors (Lipinski definition) is 0. The summed E-state index contributed by atoms with van der Waals surface area (Å²) in [5.41, 5.74) is 11.5. The van der Waals surface area contributed by atoms with Crippen LogP contribution in [-0.2, 0) is 46.3 Å². The van der Waals surface area contributed by atoms with E-state index in [1.807, 2.05) is 24.3 Å². The standard InChI is InChI=1S/2C5H5NS.Mo.2NO/c2*7-5-3-1-2-4-6-5;;2*1-2/h2*1-4H,(H,6,7);;;/q;;+2;;/p-2. The van der Waals surface area contributed by atoms with E-state index in [0.29, 0.717) is 10.1 Å². The number of nitrogens with zero attached hydrogens (tertiary/aromatic N) is 4. The van der Waals surface area contributed by atoms with E-state index in [-0.39, 0.29) is 21.1 Å². The molecule has 2 heterocycles. The second-order valence-corrected chi connectivity index (χ2v) is 3.17. The molecule has 2 rings (SSSR count). The van der Waals surface area contributed by atoms with Gasteiger partial charge in [0.15, 0.2) is 0 Å². The molecule has 0 N–H and O–H groups in total. The third-order valence-corrected chi connectivity index (χ3v) is 1.76. The van der Waals surface area contributed by atoms with Gasteiger partial charge in [-0.25, -0.2) is 0 Å². The molecule has 19 heavy (non-hydrogen) atoms. The molecule has 0 aromatic carbocycles. The second kappa shape index (κ2) is 19.0. The van der Waals surface area contributed by atoms with Crippen molar-refractivity contribution >= 4 is 25.3 Å². The Labute approximate surface area is 136 Å². The third-order valence-electron chi connectivity index (χ3n) is 1.28. The van der Waals surface area contributed by atoms with E-state index in [9.17, 15) is 0 Å². The number of hydrogen-bond acceptors (Lipinski definition) is 6. The molecule has 0 bridgehead atoms. The van der Waals surface area contributed by atoms with E-state index >= 15 is 0 Å². The van der Waals surface area contributed by atoms with E-state index < -0.39 is 0 Å². The first-order chi connectivity index (χ1) is 8.79. The molecule has 0 aliphatic heterocycles. The predicted octanol–water partition coefficient (Wildman–Crippen LogP) is 1.08. The van der Waals surface area contributed by atoms with E-state index in [2.05, 4.69) is 9.97 Å². The Morgan fingerprint density at radius 3 is 1.16 bits per heavy atom. The summed E-state index contributed by atoms with van der Waals surface area (Å²) in [4.78, 5) is 22.1. The van der Waals surface area contributed by atoms with Crippen molar-refractivity contribution in [1.82, 2.24) is 21.2 Å². The zero-order chi connectivity index (χ0) is 14.2. The average molecular weight is 376 g/mol.